The van der Waals surface area contributed by atoms with E-state index in [0.29, 0.717) is 17.3 Å². The average molecular weight is 408 g/mol. The molecular weight excluding hydrogens is 384 g/mol. The van der Waals surface area contributed by atoms with Crippen molar-refractivity contribution in [1.29, 1.82) is 0 Å². The van der Waals surface area contributed by atoms with Gasteiger partial charge in [0, 0.05) is 12.0 Å². The van der Waals surface area contributed by atoms with Crippen LogP contribution >= 0.6 is 0 Å². The first-order chi connectivity index (χ1) is 14.4. The normalized spacial score (nSPS) is 19.3. The predicted octanol–water partition coefficient (Wildman–Crippen LogP) is 2.52. The second-order valence-corrected chi connectivity index (χ2v) is 7.33. The smallest absolute Gasteiger partial charge is 0.267 e. The van der Waals surface area contributed by atoms with Crippen molar-refractivity contribution in [1.82, 2.24) is 9.97 Å². The third-order valence-corrected chi connectivity index (χ3v) is 5.09. The van der Waals surface area contributed by atoms with Gasteiger partial charge in [-0.05, 0) is 44.7 Å². The molecule has 9 heteroatoms. The molecule has 1 heterocycles. The zero-order chi connectivity index (χ0) is 21.7. The minimum absolute atomic E-state index is 0.0538. The average Bonchev–Trinajstić information content (AvgIpc) is 2.74. The summed E-state index contributed by atoms with van der Waals surface area (Å²) in [6.07, 6.45) is 3.25. The number of carbonyl (C=O) groups excluding carboxylic acids is 2. The maximum Gasteiger partial charge on any atom is 0.267 e. The Bertz CT molecular complexity index is 962. The van der Waals surface area contributed by atoms with E-state index in [-0.39, 0.29) is 17.7 Å². The molecule has 30 heavy (non-hydrogen) atoms. The van der Waals surface area contributed by atoms with Crippen LogP contribution in [0.25, 0.3) is 4.85 Å². The lowest BCUT2D eigenvalue weighted by Gasteiger charge is -2.28. The van der Waals surface area contributed by atoms with Gasteiger partial charge in [0.15, 0.2) is 5.69 Å². The lowest BCUT2D eigenvalue weighted by atomic mass is 9.86. The number of nitrogens with zero attached hydrogens (tertiary/aromatic N) is 3. The highest BCUT2D eigenvalue weighted by atomic mass is 16.5. The number of anilines is 1. The molecule has 0 bridgehead atoms. The van der Waals surface area contributed by atoms with Crippen LogP contribution in [0.2, 0.25) is 0 Å². The fourth-order valence-electron chi connectivity index (χ4n) is 3.37. The van der Waals surface area contributed by atoms with Gasteiger partial charge >= 0.3 is 0 Å². The van der Waals surface area contributed by atoms with E-state index in [9.17, 15) is 9.59 Å². The SMILES string of the molecule is [C-]#[N+]c1ccc(OC2CCC(c3nc(N[C@@H](C)C(N)=O)cc(C(N)=O)n3)CC2)cc1. The summed E-state index contributed by atoms with van der Waals surface area (Å²) < 4.78 is 6.02. The summed E-state index contributed by atoms with van der Waals surface area (Å²) in [5.41, 5.74) is 11.4. The molecule has 0 radical (unpaired) electrons. The molecule has 9 nitrogen and oxygen atoms in total. The minimum Gasteiger partial charge on any atom is -0.491 e. The van der Waals surface area contributed by atoms with Crippen LogP contribution in [0.5, 0.6) is 5.75 Å². The number of ether oxygens (including phenoxy) is 1. The molecule has 0 saturated heterocycles. The molecule has 1 aromatic carbocycles. The molecule has 5 N–H and O–H groups in total. The largest absolute Gasteiger partial charge is 0.491 e. The van der Waals surface area contributed by atoms with E-state index >= 15 is 0 Å². The standard InChI is InChI=1S/C21H24N6O3/c1-12(19(22)28)25-18-11-17(20(23)29)26-21(27-18)13-3-7-15(8-4-13)30-16-9-5-14(24-2)6-10-16/h5-6,9-13,15H,3-4,7-8H2,1H3,(H2,22,28)(H2,23,29)(H,25,26,27)/t12-,13?,15?/m0/s1. The van der Waals surface area contributed by atoms with E-state index in [0.717, 1.165) is 31.4 Å². The summed E-state index contributed by atoms with van der Waals surface area (Å²) >= 11 is 0. The summed E-state index contributed by atoms with van der Waals surface area (Å²) in [5, 5.41) is 2.89. The van der Waals surface area contributed by atoms with Crippen molar-refractivity contribution < 1.29 is 14.3 Å². The van der Waals surface area contributed by atoms with Crippen molar-refractivity contribution in [2.75, 3.05) is 5.32 Å². The quantitative estimate of drug-likeness (QED) is 0.602. The number of amides is 2. The van der Waals surface area contributed by atoms with Gasteiger partial charge in [0.25, 0.3) is 5.91 Å². The zero-order valence-corrected chi connectivity index (χ0v) is 16.7. The highest BCUT2D eigenvalue weighted by Crippen LogP contribution is 2.34. The second kappa shape index (κ2) is 9.22. The van der Waals surface area contributed by atoms with Crippen molar-refractivity contribution in [3.63, 3.8) is 0 Å². The number of benzene rings is 1. The van der Waals surface area contributed by atoms with E-state index in [1.54, 1.807) is 31.2 Å². The molecule has 1 fully saturated rings. The highest BCUT2D eigenvalue weighted by molar-refractivity contribution is 5.91. The Morgan fingerprint density at radius 2 is 1.83 bits per heavy atom. The number of nitrogens with one attached hydrogen (secondary N) is 1. The van der Waals surface area contributed by atoms with Gasteiger partial charge in [-0.1, -0.05) is 12.1 Å². The molecule has 0 unspecified atom stereocenters. The van der Waals surface area contributed by atoms with Crippen molar-refractivity contribution in [2.24, 2.45) is 11.5 Å². The van der Waals surface area contributed by atoms with Crippen molar-refractivity contribution in [3.05, 3.63) is 53.3 Å². The maximum absolute atomic E-state index is 11.7. The van der Waals surface area contributed by atoms with Crippen LogP contribution in [0.3, 0.4) is 0 Å². The topological polar surface area (TPSA) is 138 Å². The summed E-state index contributed by atoms with van der Waals surface area (Å²) in [4.78, 5) is 35.2. The molecular formula is C21H24N6O3. The molecule has 1 saturated carbocycles. The van der Waals surface area contributed by atoms with E-state index < -0.39 is 17.9 Å². The maximum atomic E-state index is 11.7. The van der Waals surface area contributed by atoms with E-state index in [2.05, 4.69) is 20.1 Å². The van der Waals surface area contributed by atoms with E-state index in [1.807, 2.05) is 0 Å². The third kappa shape index (κ3) is 5.23. The second-order valence-electron chi connectivity index (χ2n) is 7.33. The van der Waals surface area contributed by atoms with Crippen molar-refractivity contribution >= 4 is 23.3 Å². The number of nitrogens with two attached hydrogens (primary N) is 2. The molecule has 3 rings (SSSR count). The monoisotopic (exact) mass is 408 g/mol. The Kier molecular flexibility index (Phi) is 6.47. The number of primary amides is 2. The van der Waals surface area contributed by atoms with Crippen LogP contribution in [0.4, 0.5) is 11.5 Å². The van der Waals surface area contributed by atoms with Gasteiger partial charge < -0.3 is 21.5 Å². The summed E-state index contributed by atoms with van der Waals surface area (Å²) in [5.74, 6) is 0.470. The first-order valence-electron chi connectivity index (χ1n) is 9.74. The molecule has 1 aliphatic rings. The molecule has 1 aliphatic carbocycles. The van der Waals surface area contributed by atoms with E-state index in [1.165, 1.54) is 6.07 Å². The Morgan fingerprint density at radius 3 is 2.40 bits per heavy atom. The van der Waals surface area contributed by atoms with Gasteiger partial charge in [0.1, 0.15) is 29.1 Å². The lowest BCUT2D eigenvalue weighted by Crippen LogP contribution is -2.33. The Balaban J connectivity index is 1.67. The number of rotatable bonds is 7. The predicted molar refractivity (Wildman–Crippen MR) is 111 cm³/mol. The molecule has 2 amide bonds. The van der Waals surface area contributed by atoms with Crippen molar-refractivity contribution in [3.8, 4) is 5.75 Å². The van der Waals surface area contributed by atoms with Gasteiger partial charge in [-0.3, -0.25) is 9.59 Å². The van der Waals surface area contributed by atoms with Crippen LogP contribution in [0, 0.1) is 6.57 Å². The Morgan fingerprint density at radius 1 is 1.17 bits per heavy atom. The fraction of sp³-hybridized carbons (Fsp3) is 0.381. The van der Waals surface area contributed by atoms with Gasteiger partial charge in [-0.2, -0.15) is 0 Å². The molecule has 0 aliphatic heterocycles. The molecule has 2 aromatic rings. The van der Waals surface area contributed by atoms with Crippen molar-refractivity contribution in [2.45, 2.75) is 50.7 Å². The number of aromatic nitrogens is 2. The van der Waals surface area contributed by atoms with Gasteiger partial charge in [-0.25, -0.2) is 14.8 Å². The first kappa shape index (κ1) is 21.0. The number of hydrogen-bond acceptors (Lipinski definition) is 6. The minimum atomic E-state index is -0.659. The zero-order valence-electron chi connectivity index (χ0n) is 16.7. The lowest BCUT2D eigenvalue weighted by molar-refractivity contribution is -0.118. The van der Waals surface area contributed by atoms with Gasteiger partial charge in [-0.15, -0.1) is 0 Å². The summed E-state index contributed by atoms with van der Waals surface area (Å²) in [6, 6.07) is 7.85. The van der Waals surface area contributed by atoms with Crippen LogP contribution in [0.1, 0.15) is 54.8 Å². The summed E-state index contributed by atoms with van der Waals surface area (Å²) in [7, 11) is 0. The number of carbonyl (C=O) groups is 2. The first-order valence-corrected chi connectivity index (χ1v) is 9.74. The Hall–Kier alpha value is -3.67. The van der Waals surface area contributed by atoms with E-state index in [4.69, 9.17) is 22.8 Å². The third-order valence-electron chi connectivity index (χ3n) is 5.09. The van der Waals surface area contributed by atoms with Crippen LogP contribution in [0.15, 0.2) is 30.3 Å². The summed E-state index contributed by atoms with van der Waals surface area (Å²) in [6.45, 7) is 8.61. The molecule has 1 aromatic heterocycles. The van der Waals surface area contributed by atoms with Gasteiger partial charge in [0.05, 0.1) is 12.7 Å². The molecule has 0 spiro atoms. The number of hydrogen-bond donors (Lipinski definition) is 3. The Labute approximate surface area is 174 Å². The molecule has 1 atom stereocenters. The van der Waals surface area contributed by atoms with Crippen LogP contribution in [-0.2, 0) is 4.79 Å². The van der Waals surface area contributed by atoms with Gasteiger partial charge in [0.2, 0.25) is 5.91 Å². The fourth-order valence-corrected chi connectivity index (χ4v) is 3.37. The van der Waals surface area contributed by atoms with Crippen LogP contribution < -0.4 is 21.5 Å². The highest BCUT2D eigenvalue weighted by Gasteiger charge is 2.27. The molecule has 156 valence electrons. The van der Waals surface area contributed by atoms with Crippen LogP contribution in [-0.4, -0.2) is 33.9 Å².